The monoisotopic (exact) mass is 157 g/mol. The molecule has 1 saturated heterocycles. The van der Waals surface area contributed by atoms with Crippen LogP contribution in [-0.2, 0) is 4.74 Å². The third-order valence-electron chi connectivity index (χ3n) is 2.36. The first kappa shape index (κ1) is 9.01. The van der Waals surface area contributed by atoms with Crippen LogP contribution in [0.1, 0.15) is 25.7 Å². The van der Waals surface area contributed by atoms with E-state index in [2.05, 4.69) is 5.32 Å². The highest BCUT2D eigenvalue weighted by molar-refractivity contribution is 4.68. The molecule has 1 fully saturated rings. The van der Waals surface area contributed by atoms with Gasteiger partial charge in [0.15, 0.2) is 0 Å². The first-order valence-corrected chi connectivity index (χ1v) is 4.63. The van der Waals surface area contributed by atoms with Gasteiger partial charge in [0, 0.05) is 13.7 Å². The molecule has 1 aliphatic heterocycles. The highest BCUT2D eigenvalue weighted by Gasteiger charge is 2.11. The molecule has 0 bridgehead atoms. The van der Waals surface area contributed by atoms with Crippen molar-refractivity contribution < 1.29 is 4.74 Å². The van der Waals surface area contributed by atoms with E-state index in [9.17, 15) is 0 Å². The van der Waals surface area contributed by atoms with Gasteiger partial charge in [-0.25, -0.2) is 0 Å². The van der Waals surface area contributed by atoms with E-state index in [1.54, 1.807) is 7.11 Å². The molecule has 0 aromatic heterocycles. The SMILES string of the molecule is COCCC[C@H]1CCCNC1. The molecule has 0 spiro atoms. The number of piperidine rings is 1. The topological polar surface area (TPSA) is 21.3 Å². The van der Waals surface area contributed by atoms with Gasteiger partial charge in [-0.2, -0.15) is 0 Å². The smallest absolute Gasteiger partial charge is 0.0462 e. The van der Waals surface area contributed by atoms with Gasteiger partial charge in [-0.05, 0) is 44.7 Å². The number of hydrogen-bond acceptors (Lipinski definition) is 2. The van der Waals surface area contributed by atoms with Crippen molar-refractivity contribution in [2.75, 3.05) is 26.8 Å². The minimum atomic E-state index is 0.916. The Balaban J connectivity index is 1.96. The van der Waals surface area contributed by atoms with Crippen LogP contribution >= 0.6 is 0 Å². The van der Waals surface area contributed by atoms with Crippen LogP contribution in [-0.4, -0.2) is 26.8 Å². The molecule has 0 radical (unpaired) electrons. The second-order valence-electron chi connectivity index (χ2n) is 3.35. The van der Waals surface area contributed by atoms with Crippen molar-refractivity contribution in [2.24, 2.45) is 5.92 Å². The standard InChI is InChI=1S/C9H19NO/c1-11-7-3-5-9-4-2-6-10-8-9/h9-10H,2-8H2,1H3/t9-/m1/s1. The van der Waals surface area contributed by atoms with Crippen molar-refractivity contribution in [2.45, 2.75) is 25.7 Å². The molecule has 66 valence electrons. The summed E-state index contributed by atoms with van der Waals surface area (Å²) in [4.78, 5) is 0. The number of rotatable bonds is 4. The van der Waals surface area contributed by atoms with Gasteiger partial charge in [-0.3, -0.25) is 0 Å². The van der Waals surface area contributed by atoms with Gasteiger partial charge in [-0.1, -0.05) is 0 Å². The zero-order valence-electron chi connectivity index (χ0n) is 7.44. The van der Waals surface area contributed by atoms with Crippen LogP contribution in [0.2, 0.25) is 0 Å². The number of ether oxygens (including phenoxy) is 1. The van der Waals surface area contributed by atoms with Gasteiger partial charge in [0.05, 0.1) is 0 Å². The van der Waals surface area contributed by atoms with Crippen LogP contribution in [0, 0.1) is 5.92 Å². The quantitative estimate of drug-likeness (QED) is 0.623. The molecule has 1 heterocycles. The Bertz CT molecular complexity index is 89.6. The molecule has 1 N–H and O–H groups in total. The van der Waals surface area contributed by atoms with Gasteiger partial charge in [-0.15, -0.1) is 0 Å². The van der Waals surface area contributed by atoms with Crippen LogP contribution in [0.15, 0.2) is 0 Å². The van der Waals surface area contributed by atoms with Crippen LogP contribution in [0.5, 0.6) is 0 Å². The Hall–Kier alpha value is -0.0800. The molecule has 0 saturated carbocycles. The fourth-order valence-corrected chi connectivity index (χ4v) is 1.69. The molecular weight excluding hydrogens is 138 g/mol. The summed E-state index contributed by atoms with van der Waals surface area (Å²) in [6.45, 7) is 3.38. The second kappa shape index (κ2) is 5.56. The Morgan fingerprint density at radius 2 is 2.45 bits per heavy atom. The first-order valence-electron chi connectivity index (χ1n) is 4.63. The summed E-state index contributed by atoms with van der Waals surface area (Å²) in [5.74, 6) is 0.916. The highest BCUT2D eigenvalue weighted by Crippen LogP contribution is 2.15. The van der Waals surface area contributed by atoms with Gasteiger partial charge < -0.3 is 10.1 Å². The van der Waals surface area contributed by atoms with E-state index in [0.717, 1.165) is 12.5 Å². The summed E-state index contributed by atoms with van der Waals surface area (Å²) in [5.41, 5.74) is 0. The van der Waals surface area contributed by atoms with Crippen LogP contribution < -0.4 is 5.32 Å². The predicted octanol–water partition coefficient (Wildman–Crippen LogP) is 1.41. The summed E-state index contributed by atoms with van der Waals surface area (Å²) in [6, 6.07) is 0. The van der Waals surface area contributed by atoms with E-state index in [1.165, 1.54) is 38.8 Å². The summed E-state index contributed by atoms with van der Waals surface area (Å²) in [5, 5.41) is 3.42. The lowest BCUT2D eigenvalue weighted by molar-refractivity contribution is 0.183. The van der Waals surface area contributed by atoms with Crippen LogP contribution in [0.25, 0.3) is 0 Å². The van der Waals surface area contributed by atoms with E-state index < -0.39 is 0 Å². The number of methoxy groups -OCH3 is 1. The van der Waals surface area contributed by atoms with Crippen molar-refractivity contribution in [3.05, 3.63) is 0 Å². The van der Waals surface area contributed by atoms with E-state index in [4.69, 9.17) is 4.74 Å². The maximum atomic E-state index is 5.01. The zero-order valence-corrected chi connectivity index (χ0v) is 7.44. The molecule has 2 nitrogen and oxygen atoms in total. The lowest BCUT2D eigenvalue weighted by Crippen LogP contribution is -2.29. The Kier molecular flexibility index (Phi) is 4.55. The number of nitrogens with one attached hydrogen (secondary N) is 1. The zero-order chi connectivity index (χ0) is 7.94. The summed E-state index contributed by atoms with van der Waals surface area (Å²) in [6.07, 6.45) is 5.33. The normalized spacial score (nSPS) is 25.4. The van der Waals surface area contributed by atoms with Gasteiger partial charge >= 0.3 is 0 Å². The summed E-state index contributed by atoms with van der Waals surface area (Å²) >= 11 is 0. The molecule has 0 unspecified atom stereocenters. The maximum Gasteiger partial charge on any atom is 0.0462 e. The first-order chi connectivity index (χ1) is 5.43. The highest BCUT2D eigenvalue weighted by atomic mass is 16.5. The predicted molar refractivity (Wildman–Crippen MR) is 46.7 cm³/mol. The van der Waals surface area contributed by atoms with E-state index >= 15 is 0 Å². The molecule has 0 aromatic rings. The molecular formula is C9H19NO. The van der Waals surface area contributed by atoms with Gasteiger partial charge in [0.2, 0.25) is 0 Å². The average Bonchev–Trinajstić information content (AvgIpc) is 2.07. The van der Waals surface area contributed by atoms with E-state index in [0.29, 0.717) is 0 Å². The molecule has 0 aromatic carbocycles. The Morgan fingerprint density at radius 1 is 1.55 bits per heavy atom. The van der Waals surface area contributed by atoms with Crippen LogP contribution in [0.3, 0.4) is 0 Å². The lowest BCUT2D eigenvalue weighted by atomic mass is 9.95. The van der Waals surface area contributed by atoms with Crippen molar-refractivity contribution in [3.63, 3.8) is 0 Å². The Morgan fingerprint density at radius 3 is 3.09 bits per heavy atom. The second-order valence-corrected chi connectivity index (χ2v) is 3.35. The molecule has 1 atom stereocenters. The van der Waals surface area contributed by atoms with E-state index in [1.807, 2.05) is 0 Å². The van der Waals surface area contributed by atoms with Crippen molar-refractivity contribution in [3.8, 4) is 0 Å². The molecule has 0 aliphatic carbocycles. The molecule has 11 heavy (non-hydrogen) atoms. The molecule has 1 aliphatic rings. The summed E-state index contributed by atoms with van der Waals surface area (Å²) in [7, 11) is 1.78. The largest absolute Gasteiger partial charge is 0.385 e. The minimum absolute atomic E-state index is 0.916. The lowest BCUT2D eigenvalue weighted by Gasteiger charge is -2.22. The third-order valence-corrected chi connectivity index (χ3v) is 2.36. The molecule has 2 heteroatoms. The van der Waals surface area contributed by atoms with Gasteiger partial charge in [0.25, 0.3) is 0 Å². The van der Waals surface area contributed by atoms with Crippen molar-refractivity contribution >= 4 is 0 Å². The third kappa shape index (κ3) is 3.73. The average molecular weight is 157 g/mol. The number of hydrogen-bond donors (Lipinski definition) is 1. The van der Waals surface area contributed by atoms with Crippen molar-refractivity contribution in [1.82, 2.24) is 5.32 Å². The van der Waals surface area contributed by atoms with Gasteiger partial charge in [0.1, 0.15) is 0 Å². The summed E-state index contributed by atoms with van der Waals surface area (Å²) < 4.78 is 5.01. The maximum absolute atomic E-state index is 5.01. The minimum Gasteiger partial charge on any atom is -0.385 e. The molecule has 0 amide bonds. The van der Waals surface area contributed by atoms with E-state index in [-0.39, 0.29) is 0 Å². The van der Waals surface area contributed by atoms with Crippen molar-refractivity contribution in [1.29, 1.82) is 0 Å². The fraction of sp³-hybridized carbons (Fsp3) is 1.00. The fourth-order valence-electron chi connectivity index (χ4n) is 1.69. The molecule has 1 rings (SSSR count). The van der Waals surface area contributed by atoms with Crippen LogP contribution in [0.4, 0.5) is 0 Å². The Labute approximate surface area is 69.3 Å².